The number of aliphatic hydroxyl groups excluding tert-OH is 1. The summed E-state index contributed by atoms with van der Waals surface area (Å²) in [6.45, 7) is 3.89. The molecule has 0 radical (unpaired) electrons. The van der Waals surface area contributed by atoms with Crippen LogP contribution in [0, 0.1) is 0 Å². The molecule has 1 aromatic carbocycles. The topological polar surface area (TPSA) is 55.5 Å². The quantitative estimate of drug-likeness (QED) is 0.764. The van der Waals surface area contributed by atoms with Gasteiger partial charge in [0.05, 0.1) is 6.10 Å². The van der Waals surface area contributed by atoms with E-state index in [1.807, 2.05) is 31.2 Å². The van der Waals surface area contributed by atoms with Crippen molar-refractivity contribution in [3.8, 4) is 5.75 Å². The van der Waals surface area contributed by atoms with Gasteiger partial charge in [0, 0.05) is 11.6 Å². The normalized spacial score (nSPS) is 14.9. The van der Waals surface area contributed by atoms with Crippen LogP contribution < -0.4 is 10.5 Å². The maximum Gasteiger partial charge on any atom is 0.124 e. The molecular weight excluding hydrogens is 178 g/mol. The number of hydrogen-bond acceptors (Lipinski definition) is 3. The second-order valence-corrected chi connectivity index (χ2v) is 3.49. The molecule has 0 aromatic heterocycles. The molecule has 0 bridgehead atoms. The zero-order chi connectivity index (χ0) is 10.6. The van der Waals surface area contributed by atoms with E-state index in [-0.39, 0.29) is 6.04 Å². The fraction of sp³-hybridized carbons (Fsp3) is 0.455. The Morgan fingerprint density at radius 1 is 1.36 bits per heavy atom. The molecule has 0 aliphatic rings. The van der Waals surface area contributed by atoms with Crippen molar-refractivity contribution in [1.82, 2.24) is 0 Å². The summed E-state index contributed by atoms with van der Waals surface area (Å²) in [5, 5.41) is 9.09. The van der Waals surface area contributed by atoms with Crippen LogP contribution in [0.25, 0.3) is 0 Å². The van der Waals surface area contributed by atoms with Crippen molar-refractivity contribution >= 4 is 0 Å². The molecule has 0 amide bonds. The van der Waals surface area contributed by atoms with E-state index in [1.54, 1.807) is 6.92 Å². The van der Waals surface area contributed by atoms with Gasteiger partial charge in [-0.3, -0.25) is 0 Å². The third kappa shape index (κ3) is 3.01. The van der Waals surface area contributed by atoms with E-state index in [4.69, 9.17) is 15.6 Å². The lowest BCUT2D eigenvalue weighted by Gasteiger charge is -2.14. The van der Waals surface area contributed by atoms with Crippen LogP contribution in [0.2, 0.25) is 0 Å². The van der Waals surface area contributed by atoms with Gasteiger partial charge in [0.2, 0.25) is 0 Å². The lowest BCUT2D eigenvalue weighted by molar-refractivity contribution is 0.122. The Hall–Kier alpha value is -1.06. The van der Waals surface area contributed by atoms with Gasteiger partial charge in [0.15, 0.2) is 0 Å². The molecule has 3 nitrogen and oxygen atoms in total. The summed E-state index contributed by atoms with van der Waals surface area (Å²) in [6, 6.07) is 7.56. The molecule has 0 saturated heterocycles. The van der Waals surface area contributed by atoms with E-state index >= 15 is 0 Å². The lowest BCUT2D eigenvalue weighted by atomic mass is 10.1. The van der Waals surface area contributed by atoms with Crippen LogP contribution in [0.15, 0.2) is 24.3 Å². The molecule has 14 heavy (non-hydrogen) atoms. The number of hydrogen-bond donors (Lipinski definition) is 2. The molecule has 1 unspecified atom stereocenters. The molecule has 2 atom stereocenters. The number of para-hydroxylation sites is 1. The van der Waals surface area contributed by atoms with E-state index in [0.717, 1.165) is 11.3 Å². The molecule has 3 N–H and O–H groups in total. The molecule has 0 fully saturated rings. The highest BCUT2D eigenvalue weighted by Crippen LogP contribution is 2.23. The Morgan fingerprint density at radius 2 is 2.00 bits per heavy atom. The van der Waals surface area contributed by atoms with Gasteiger partial charge in [-0.25, -0.2) is 0 Å². The molecule has 0 aliphatic carbocycles. The first-order valence-electron chi connectivity index (χ1n) is 4.76. The summed E-state index contributed by atoms with van der Waals surface area (Å²) < 4.78 is 5.43. The van der Waals surface area contributed by atoms with Crippen LogP contribution in [0.4, 0.5) is 0 Å². The summed E-state index contributed by atoms with van der Waals surface area (Å²) in [4.78, 5) is 0. The van der Waals surface area contributed by atoms with Crippen LogP contribution in [0.1, 0.15) is 25.5 Å². The first-order chi connectivity index (χ1) is 6.61. The van der Waals surface area contributed by atoms with Crippen LogP contribution in [0.5, 0.6) is 5.75 Å². The van der Waals surface area contributed by atoms with Crippen LogP contribution >= 0.6 is 0 Å². The summed E-state index contributed by atoms with van der Waals surface area (Å²) in [5.74, 6) is 0.753. The average molecular weight is 195 g/mol. The maximum atomic E-state index is 9.09. The van der Waals surface area contributed by atoms with E-state index in [0.29, 0.717) is 6.61 Å². The molecule has 1 rings (SSSR count). The van der Waals surface area contributed by atoms with E-state index in [2.05, 4.69) is 0 Å². The van der Waals surface area contributed by atoms with E-state index in [1.165, 1.54) is 0 Å². The Labute approximate surface area is 84.5 Å². The minimum atomic E-state index is -0.462. The van der Waals surface area contributed by atoms with Crippen molar-refractivity contribution in [3.63, 3.8) is 0 Å². The predicted molar refractivity (Wildman–Crippen MR) is 56.2 cm³/mol. The van der Waals surface area contributed by atoms with Gasteiger partial charge in [-0.1, -0.05) is 18.2 Å². The Bertz CT molecular complexity index is 284. The molecule has 0 aliphatic heterocycles. The van der Waals surface area contributed by atoms with Crippen molar-refractivity contribution in [2.45, 2.75) is 26.0 Å². The highest BCUT2D eigenvalue weighted by molar-refractivity contribution is 5.35. The van der Waals surface area contributed by atoms with E-state index in [9.17, 15) is 0 Å². The first kappa shape index (κ1) is 11.0. The fourth-order valence-electron chi connectivity index (χ4n) is 1.20. The van der Waals surface area contributed by atoms with Crippen molar-refractivity contribution in [1.29, 1.82) is 0 Å². The predicted octanol–water partition coefficient (Wildman–Crippen LogP) is 1.47. The number of benzene rings is 1. The van der Waals surface area contributed by atoms with Gasteiger partial charge in [-0.2, -0.15) is 0 Å². The third-order valence-electron chi connectivity index (χ3n) is 1.89. The minimum absolute atomic E-state index is 0.0554. The molecule has 0 saturated carbocycles. The zero-order valence-corrected chi connectivity index (χ0v) is 8.60. The van der Waals surface area contributed by atoms with Gasteiger partial charge in [-0.05, 0) is 19.9 Å². The SMILES string of the molecule is CC(O)COc1ccccc1[C@@H](C)N. The smallest absolute Gasteiger partial charge is 0.124 e. The Balaban J connectivity index is 2.74. The summed E-state index contributed by atoms with van der Waals surface area (Å²) >= 11 is 0. The molecule has 1 aromatic rings. The average Bonchev–Trinajstić information content (AvgIpc) is 2.15. The Morgan fingerprint density at radius 3 is 2.57 bits per heavy atom. The monoisotopic (exact) mass is 195 g/mol. The lowest BCUT2D eigenvalue weighted by Crippen LogP contribution is -2.15. The number of rotatable bonds is 4. The minimum Gasteiger partial charge on any atom is -0.491 e. The zero-order valence-electron chi connectivity index (χ0n) is 8.60. The van der Waals surface area contributed by atoms with Crippen LogP contribution in [-0.2, 0) is 0 Å². The summed E-state index contributed by atoms with van der Waals surface area (Å²) in [7, 11) is 0. The number of ether oxygens (including phenoxy) is 1. The maximum absolute atomic E-state index is 9.09. The highest BCUT2D eigenvalue weighted by atomic mass is 16.5. The second-order valence-electron chi connectivity index (χ2n) is 3.49. The Kier molecular flexibility index (Phi) is 3.92. The molecule has 3 heteroatoms. The number of nitrogens with two attached hydrogens (primary N) is 1. The largest absolute Gasteiger partial charge is 0.491 e. The van der Waals surface area contributed by atoms with Gasteiger partial charge in [0.1, 0.15) is 12.4 Å². The fourth-order valence-corrected chi connectivity index (χ4v) is 1.20. The second kappa shape index (κ2) is 4.98. The van der Waals surface area contributed by atoms with Crippen molar-refractivity contribution < 1.29 is 9.84 Å². The van der Waals surface area contributed by atoms with Crippen LogP contribution in [-0.4, -0.2) is 17.8 Å². The van der Waals surface area contributed by atoms with Gasteiger partial charge in [-0.15, -0.1) is 0 Å². The first-order valence-corrected chi connectivity index (χ1v) is 4.76. The van der Waals surface area contributed by atoms with Gasteiger partial charge in [0.25, 0.3) is 0 Å². The highest BCUT2D eigenvalue weighted by Gasteiger charge is 2.07. The standard InChI is InChI=1S/C11H17NO2/c1-8(13)7-14-11-6-4-3-5-10(11)9(2)12/h3-6,8-9,13H,7,12H2,1-2H3/t8?,9-/m1/s1. The summed E-state index contributed by atoms with van der Waals surface area (Å²) in [6.07, 6.45) is -0.462. The number of aliphatic hydroxyl groups is 1. The molecule has 0 spiro atoms. The molecule has 0 heterocycles. The molecule has 78 valence electrons. The van der Waals surface area contributed by atoms with Gasteiger partial charge < -0.3 is 15.6 Å². The van der Waals surface area contributed by atoms with Gasteiger partial charge >= 0.3 is 0 Å². The van der Waals surface area contributed by atoms with Crippen molar-refractivity contribution in [3.05, 3.63) is 29.8 Å². The van der Waals surface area contributed by atoms with E-state index < -0.39 is 6.10 Å². The van der Waals surface area contributed by atoms with Crippen molar-refractivity contribution in [2.75, 3.05) is 6.61 Å². The molecular formula is C11H17NO2. The third-order valence-corrected chi connectivity index (χ3v) is 1.89. The van der Waals surface area contributed by atoms with Crippen molar-refractivity contribution in [2.24, 2.45) is 5.73 Å². The van der Waals surface area contributed by atoms with Crippen LogP contribution in [0.3, 0.4) is 0 Å². The summed E-state index contributed by atoms with van der Waals surface area (Å²) in [5.41, 5.74) is 6.74.